The minimum absolute atomic E-state index is 0.628. The molecule has 0 spiro atoms. The molecule has 0 aliphatic rings. The van der Waals surface area contributed by atoms with Gasteiger partial charge in [-0.2, -0.15) is 0 Å². The Kier molecular flexibility index (Phi) is 6.08. The lowest BCUT2D eigenvalue weighted by molar-refractivity contribution is 0.354. The van der Waals surface area contributed by atoms with Crippen molar-refractivity contribution in [2.24, 2.45) is 0 Å². The van der Waals surface area contributed by atoms with Crippen molar-refractivity contribution in [2.75, 3.05) is 5.32 Å². The normalized spacial score (nSPS) is 10.5. The van der Waals surface area contributed by atoms with Crippen LogP contribution in [-0.2, 0) is 19.5 Å². The number of anilines is 1. The van der Waals surface area contributed by atoms with Crippen LogP contribution >= 0.6 is 12.2 Å². The number of benzene rings is 2. The summed E-state index contributed by atoms with van der Waals surface area (Å²) in [7, 11) is 0. The van der Waals surface area contributed by atoms with Gasteiger partial charge in [-0.25, -0.2) is 0 Å². The van der Waals surface area contributed by atoms with Crippen LogP contribution in [0.3, 0.4) is 0 Å². The Hall–Kier alpha value is -2.59. The molecule has 0 radical (unpaired) electrons. The highest BCUT2D eigenvalue weighted by Crippen LogP contribution is 2.19. The van der Waals surface area contributed by atoms with E-state index in [1.54, 1.807) is 0 Å². The molecule has 3 rings (SSSR count). The lowest BCUT2D eigenvalue weighted by Gasteiger charge is -2.26. The van der Waals surface area contributed by atoms with Crippen LogP contribution in [0, 0.1) is 6.92 Å². The third kappa shape index (κ3) is 4.73. The second-order valence-corrected chi connectivity index (χ2v) is 6.68. The van der Waals surface area contributed by atoms with Crippen molar-refractivity contribution in [3.8, 4) is 0 Å². The Morgan fingerprint density at radius 1 is 0.962 bits per heavy atom. The van der Waals surface area contributed by atoms with Crippen molar-refractivity contribution < 1.29 is 4.42 Å². The van der Waals surface area contributed by atoms with E-state index in [2.05, 4.69) is 47.5 Å². The number of furan rings is 1. The van der Waals surface area contributed by atoms with Gasteiger partial charge in [0.2, 0.25) is 0 Å². The smallest absolute Gasteiger partial charge is 0.174 e. The minimum atomic E-state index is 0.628. The second-order valence-electron chi connectivity index (χ2n) is 6.29. The number of thiocarbonyl (C=S) groups is 1. The Balaban J connectivity index is 1.80. The highest BCUT2D eigenvalue weighted by atomic mass is 32.1. The summed E-state index contributed by atoms with van der Waals surface area (Å²) in [6.07, 6.45) is 0.960. The topological polar surface area (TPSA) is 28.4 Å². The zero-order chi connectivity index (χ0) is 18.4. The molecule has 26 heavy (non-hydrogen) atoms. The highest BCUT2D eigenvalue weighted by Gasteiger charge is 2.14. The summed E-state index contributed by atoms with van der Waals surface area (Å²) in [6, 6.07) is 22.6. The van der Waals surface area contributed by atoms with E-state index in [0.29, 0.717) is 11.7 Å². The van der Waals surface area contributed by atoms with Crippen molar-refractivity contribution in [1.82, 2.24) is 4.90 Å². The van der Waals surface area contributed by atoms with Crippen molar-refractivity contribution in [3.05, 3.63) is 89.4 Å². The maximum atomic E-state index is 5.77. The number of nitrogens with one attached hydrogen (secondary N) is 1. The van der Waals surface area contributed by atoms with Gasteiger partial charge in [-0.15, -0.1) is 0 Å². The number of hydrogen-bond acceptors (Lipinski definition) is 2. The van der Waals surface area contributed by atoms with Gasteiger partial charge in [0.05, 0.1) is 6.54 Å². The first kappa shape index (κ1) is 18.2. The summed E-state index contributed by atoms with van der Waals surface area (Å²) >= 11 is 5.74. The predicted octanol–water partition coefficient (Wildman–Crippen LogP) is 5.55. The summed E-state index contributed by atoms with van der Waals surface area (Å²) < 4.78 is 5.77. The standard InChI is InChI=1S/C22H24N2OS/c1-3-19-11-7-8-12-21(19)23-22(26)24(15-18-9-5-4-6-10-18)16-20-14-13-17(2)25-20/h4-14H,3,15-16H2,1-2H3,(H,23,26). The minimum Gasteiger partial charge on any atom is -0.464 e. The van der Waals surface area contributed by atoms with Gasteiger partial charge < -0.3 is 14.6 Å². The van der Waals surface area contributed by atoms with Crippen LogP contribution in [0.5, 0.6) is 0 Å². The number of rotatable bonds is 6. The fourth-order valence-corrected chi connectivity index (χ4v) is 3.15. The van der Waals surface area contributed by atoms with E-state index >= 15 is 0 Å². The van der Waals surface area contributed by atoms with Crippen LogP contribution in [0.15, 0.2) is 71.1 Å². The third-order valence-electron chi connectivity index (χ3n) is 4.29. The van der Waals surface area contributed by atoms with E-state index in [0.717, 1.165) is 30.2 Å². The molecule has 0 saturated heterocycles. The molecule has 2 aromatic carbocycles. The molecule has 1 N–H and O–H groups in total. The van der Waals surface area contributed by atoms with E-state index in [9.17, 15) is 0 Å². The third-order valence-corrected chi connectivity index (χ3v) is 4.65. The lowest BCUT2D eigenvalue weighted by Crippen LogP contribution is -2.34. The fourth-order valence-electron chi connectivity index (χ4n) is 2.91. The molecule has 3 nitrogen and oxygen atoms in total. The van der Waals surface area contributed by atoms with Crippen LogP contribution < -0.4 is 5.32 Å². The molecule has 0 aliphatic heterocycles. The highest BCUT2D eigenvalue weighted by molar-refractivity contribution is 7.80. The number of nitrogens with zero attached hydrogens (tertiary/aromatic N) is 1. The summed E-state index contributed by atoms with van der Waals surface area (Å²) in [5, 5.41) is 4.12. The molecular weight excluding hydrogens is 340 g/mol. The molecule has 0 atom stereocenters. The van der Waals surface area contributed by atoms with E-state index < -0.39 is 0 Å². The van der Waals surface area contributed by atoms with Crippen LogP contribution in [0.1, 0.15) is 29.6 Å². The van der Waals surface area contributed by atoms with Gasteiger partial charge in [0, 0.05) is 12.2 Å². The van der Waals surface area contributed by atoms with Crippen LogP contribution in [0.4, 0.5) is 5.69 Å². The Morgan fingerprint density at radius 2 is 1.69 bits per heavy atom. The SMILES string of the molecule is CCc1ccccc1NC(=S)N(Cc1ccccc1)Cc1ccc(C)o1. The van der Waals surface area contributed by atoms with E-state index in [-0.39, 0.29) is 0 Å². The van der Waals surface area contributed by atoms with Gasteiger partial charge >= 0.3 is 0 Å². The number of aryl methyl sites for hydroxylation is 2. The number of para-hydroxylation sites is 1. The molecule has 0 aliphatic carbocycles. The van der Waals surface area contributed by atoms with Gasteiger partial charge in [0.15, 0.2) is 5.11 Å². The van der Waals surface area contributed by atoms with Gasteiger partial charge in [0.1, 0.15) is 11.5 Å². The monoisotopic (exact) mass is 364 g/mol. The Bertz CT molecular complexity index is 857. The lowest BCUT2D eigenvalue weighted by atomic mass is 10.1. The van der Waals surface area contributed by atoms with Crippen molar-refractivity contribution in [2.45, 2.75) is 33.4 Å². The second kappa shape index (κ2) is 8.68. The molecule has 1 heterocycles. The van der Waals surface area contributed by atoms with Gasteiger partial charge in [-0.3, -0.25) is 0 Å². The van der Waals surface area contributed by atoms with E-state index in [1.807, 2.05) is 43.3 Å². The van der Waals surface area contributed by atoms with E-state index in [1.165, 1.54) is 11.1 Å². The van der Waals surface area contributed by atoms with Crippen LogP contribution in [-0.4, -0.2) is 10.0 Å². The Morgan fingerprint density at radius 3 is 2.38 bits per heavy atom. The van der Waals surface area contributed by atoms with Crippen molar-refractivity contribution in [3.63, 3.8) is 0 Å². The first-order valence-corrected chi connectivity index (χ1v) is 9.29. The zero-order valence-corrected chi connectivity index (χ0v) is 16.1. The van der Waals surface area contributed by atoms with Crippen LogP contribution in [0.25, 0.3) is 0 Å². The largest absolute Gasteiger partial charge is 0.464 e. The first-order valence-electron chi connectivity index (χ1n) is 8.88. The summed E-state index contributed by atoms with van der Waals surface area (Å²) in [4.78, 5) is 2.13. The molecule has 4 heteroatoms. The molecule has 0 bridgehead atoms. The zero-order valence-electron chi connectivity index (χ0n) is 15.2. The first-order chi connectivity index (χ1) is 12.7. The fraction of sp³-hybridized carbons (Fsp3) is 0.227. The molecule has 0 amide bonds. The molecular formula is C22H24N2OS. The summed E-state index contributed by atoms with van der Waals surface area (Å²) in [6.45, 7) is 5.46. The Labute approximate surface area is 160 Å². The molecule has 1 aromatic heterocycles. The van der Waals surface area contributed by atoms with Crippen LogP contribution in [0.2, 0.25) is 0 Å². The quantitative estimate of drug-likeness (QED) is 0.581. The van der Waals surface area contributed by atoms with Gasteiger partial charge in [0.25, 0.3) is 0 Å². The van der Waals surface area contributed by atoms with E-state index in [4.69, 9.17) is 16.6 Å². The predicted molar refractivity (Wildman–Crippen MR) is 111 cm³/mol. The van der Waals surface area contributed by atoms with Crippen molar-refractivity contribution in [1.29, 1.82) is 0 Å². The average molecular weight is 365 g/mol. The molecule has 0 unspecified atom stereocenters. The molecule has 0 fully saturated rings. The number of hydrogen-bond donors (Lipinski definition) is 1. The summed E-state index contributed by atoms with van der Waals surface area (Å²) in [5.41, 5.74) is 3.53. The maximum Gasteiger partial charge on any atom is 0.174 e. The average Bonchev–Trinajstić information content (AvgIpc) is 3.07. The van der Waals surface area contributed by atoms with Gasteiger partial charge in [-0.1, -0.05) is 55.5 Å². The molecule has 3 aromatic rings. The summed E-state index contributed by atoms with van der Waals surface area (Å²) in [5.74, 6) is 1.82. The molecule has 0 saturated carbocycles. The maximum absolute atomic E-state index is 5.77. The van der Waals surface area contributed by atoms with Crippen molar-refractivity contribution >= 4 is 23.0 Å². The van der Waals surface area contributed by atoms with Gasteiger partial charge in [-0.05, 0) is 54.9 Å². The molecule has 134 valence electrons.